The van der Waals surface area contributed by atoms with Crippen LogP contribution in [0.15, 0.2) is 109 Å². The molecule has 256 valence electrons. The summed E-state index contributed by atoms with van der Waals surface area (Å²) in [7, 11) is -2.94. The molecule has 4 atom stereocenters. The first-order valence-electron chi connectivity index (χ1n) is 17.1. The van der Waals surface area contributed by atoms with E-state index in [1.165, 1.54) is 10.4 Å². The summed E-state index contributed by atoms with van der Waals surface area (Å²) in [5.74, 6) is -1.12. The normalized spacial score (nSPS) is 22.2. The van der Waals surface area contributed by atoms with Crippen LogP contribution in [0.2, 0.25) is 15.1 Å². The van der Waals surface area contributed by atoms with Crippen LogP contribution in [0, 0.1) is 11.3 Å². The van der Waals surface area contributed by atoms with E-state index in [0.29, 0.717) is 23.1 Å². The lowest BCUT2D eigenvalue weighted by atomic mass is 9.67. The molecule has 2 fully saturated rings. The highest BCUT2D eigenvalue weighted by atomic mass is 35.5. The summed E-state index contributed by atoms with van der Waals surface area (Å²) < 4.78 is 7.53. The highest BCUT2D eigenvalue weighted by Gasteiger charge is 2.56. The number of rotatable bonds is 11. The Morgan fingerprint density at radius 2 is 1.47 bits per heavy atom. The second-order valence-electron chi connectivity index (χ2n) is 15.1. The van der Waals surface area contributed by atoms with Crippen LogP contribution in [0.25, 0.3) is 0 Å². The van der Waals surface area contributed by atoms with E-state index in [1.807, 2.05) is 72.5 Å². The van der Waals surface area contributed by atoms with Crippen molar-refractivity contribution in [1.29, 1.82) is 0 Å². The molecule has 0 spiro atoms. The maximum Gasteiger partial charge on any atom is 0.304 e. The van der Waals surface area contributed by atoms with Crippen molar-refractivity contribution >= 4 is 53.8 Å². The molecule has 1 aliphatic heterocycles. The molecule has 49 heavy (non-hydrogen) atoms. The van der Waals surface area contributed by atoms with Crippen molar-refractivity contribution in [3.63, 3.8) is 0 Å². The lowest BCUT2D eigenvalue weighted by Crippen LogP contribution is -2.68. The Labute approximate surface area is 301 Å². The maximum atomic E-state index is 15.1. The zero-order valence-electron chi connectivity index (χ0n) is 28.6. The van der Waals surface area contributed by atoms with Gasteiger partial charge in [-0.1, -0.05) is 136 Å². The Morgan fingerprint density at radius 3 is 1.98 bits per heavy atom. The molecule has 1 saturated heterocycles. The number of likely N-dealkylation sites (tertiary alicyclic amines) is 1. The van der Waals surface area contributed by atoms with Crippen molar-refractivity contribution in [1.82, 2.24) is 4.90 Å². The largest absolute Gasteiger partial charge is 0.481 e. The van der Waals surface area contributed by atoms with Crippen LogP contribution < -0.4 is 10.4 Å². The number of piperidine rings is 1. The van der Waals surface area contributed by atoms with E-state index >= 15 is 4.79 Å². The van der Waals surface area contributed by atoms with E-state index in [0.717, 1.165) is 24.0 Å². The minimum absolute atomic E-state index is 0.143. The standard InChI is InChI=1S/C41H45Cl2NO4Si/c1-40(2,3)49(33-14-7-5-8-15-33,34-16-9-6-10-17-34)48-27-36(28-18-19-28)44-38(29-20-22-31(42)23-21-29)35(30-12-11-13-32(43)24-30)25-41(4,39(44)47)26-37(45)46/h5-17,20-24,28,35-36,38H,18-19,25-27H2,1-4H3,(H,45,46)/t35-,36-,38-,41-/m1/s1. The van der Waals surface area contributed by atoms with Crippen LogP contribution in [0.4, 0.5) is 0 Å². The van der Waals surface area contributed by atoms with Gasteiger partial charge in [-0.3, -0.25) is 9.59 Å². The maximum absolute atomic E-state index is 15.1. The van der Waals surface area contributed by atoms with Gasteiger partial charge in [0.05, 0.1) is 30.5 Å². The van der Waals surface area contributed by atoms with Crippen molar-refractivity contribution in [2.75, 3.05) is 6.61 Å². The Bertz CT molecular complexity index is 1740. The molecule has 2 aliphatic rings. The van der Waals surface area contributed by atoms with E-state index in [9.17, 15) is 9.90 Å². The third-order valence-electron chi connectivity index (χ3n) is 10.5. The average molecular weight is 715 g/mol. The third kappa shape index (κ3) is 7.11. The zero-order chi connectivity index (χ0) is 35.0. The van der Waals surface area contributed by atoms with Crippen LogP contribution in [-0.2, 0) is 14.0 Å². The number of amides is 1. The van der Waals surface area contributed by atoms with Crippen molar-refractivity contribution in [2.24, 2.45) is 11.3 Å². The quantitative estimate of drug-likeness (QED) is 0.158. The number of hydrogen-bond donors (Lipinski definition) is 1. The van der Waals surface area contributed by atoms with Crippen LogP contribution in [0.3, 0.4) is 0 Å². The molecule has 8 heteroatoms. The number of nitrogens with zero attached hydrogens (tertiary/aromatic N) is 1. The molecule has 0 unspecified atom stereocenters. The fourth-order valence-corrected chi connectivity index (χ4v) is 13.0. The van der Waals surface area contributed by atoms with Crippen molar-refractivity contribution < 1.29 is 19.1 Å². The number of aliphatic carboxylic acids is 1. The van der Waals surface area contributed by atoms with Crippen molar-refractivity contribution in [3.8, 4) is 0 Å². The molecule has 0 bridgehead atoms. The van der Waals surface area contributed by atoms with Gasteiger partial charge in [-0.05, 0) is 76.0 Å². The molecule has 4 aromatic carbocycles. The number of hydrogen-bond acceptors (Lipinski definition) is 3. The average Bonchev–Trinajstić information content (AvgIpc) is 3.91. The van der Waals surface area contributed by atoms with Gasteiger partial charge in [0.2, 0.25) is 5.91 Å². The molecule has 6 rings (SSSR count). The number of benzene rings is 4. The third-order valence-corrected chi connectivity index (χ3v) is 16.0. The molecule has 1 amide bonds. The van der Waals surface area contributed by atoms with Crippen LogP contribution in [-0.4, -0.2) is 42.8 Å². The predicted molar refractivity (Wildman–Crippen MR) is 200 cm³/mol. The number of carbonyl (C=O) groups is 2. The Kier molecular flexibility index (Phi) is 10.2. The van der Waals surface area contributed by atoms with E-state index in [4.69, 9.17) is 27.6 Å². The Hall–Kier alpha value is -3.42. The van der Waals surface area contributed by atoms with Crippen molar-refractivity contribution in [2.45, 2.75) is 76.4 Å². The highest BCUT2D eigenvalue weighted by Crippen LogP contribution is 2.54. The van der Waals surface area contributed by atoms with Gasteiger partial charge in [0.1, 0.15) is 0 Å². The topological polar surface area (TPSA) is 66.8 Å². The number of carboxylic acids is 1. The molecule has 4 aromatic rings. The van der Waals surface area contributed by atoms with Gasteiger partial charge in [0, 0.05) is 16.0 Å². The molecule has 1 saturated carbocycles. The monoisotopic (exact) mass is 713 g/mol. The zero-order valence-corrected chi connectivity index (χ0v) is 31.1. The summed E-state index contributed by atoms with van der Waals surface area (Å²) in [4.78, 5) is 29.5. The predicted octanol–water partition coefficient (Wildman–Crippen LogP) is 8.89. The van der Waals surface area contributed by atoms with Gasteiger partial charge < -0.3 is 14.4 Å². The van der Waals surface area contributed by atoms with Gasteiger partial charge in [-0.25, -0.2) is 0 Å². The molecule has 1 heterocycles. The second-order valence-corrected chi connectivity index (χ2v) is 20.3. The SMILES string of the molecule is CC(C)(C)[Si](OC[C@H](C1CC1)N1C(=O)[C@@](C)(CC(=O)O)C[C@H](c2cccc(Cl)c2)[C@H]1c1ccc(Cl)cc1)(c1ccccc1)c1ccccc1. The van der Waals surface area contributed by atoms with Crippen molar-refractivity contribution in [3.05, 3.63) is 130 Å². The van der Waals surface area contributed by atoms with Crippen LogP contribution >= 0.6 is 23.2 Å². The minimum atomic E-state index is -2.94. The lowest BCUT2D eigenvalue weighted by Gasteiger charge is -2.53. The van der Waals surface area contributed by atoms with E-state index in [2.05, 4.69) is 69.3 Å². The first-order valence-corrected chi connectivity index (χ1v) is 19.8. The first-order chi connectivity index (χ1) is 23.3. The second kappa shape index (κ2) is 14.1. The van der Waals surface area contributed by atoms with Gasteiger partial charge >= 0.3 is 5.97 Å². The molecular weight excluding hydrogens is 669 g/mol. The highest BCUT2D eigenvalue weighted by molar-refractivity contribution is 6.99. The van der Waals surface area contributed by atoms with E-state index in [1.54, 1.807) is 0 Å². The summed E-state index contributed by atoms with van der Waals surface area (Å²) in [6, 6.07) is 35.9. The summed E-state index contributed by atoms with van der Waals surface area (Å²) in [5.41, 5.74) is 0.798. The van der Waals surface area contributed by atoms with Gasteiger partial charge in [0.25, 0.3) is 8.32 Å². The first kappa shape index (κ1) is 35.4. The summed E-state index contributed by atoms with van der Waals surface area (Å²) in [5, 5.41) is 13.5. The molecule has 1 aliphatic carbocycles. The molecule has 0 radical (unpaired) electrons. The molecule has 5 nitrogen and oxygen atoms in total. The van der Waals surface area contributed by atoms with E-state index < -0.39 is 19.7 Å². The van der Waals surface area contributed by atoms with E-state index in [-0.39, 0.29) is 41.3 Å². The Balaban J connectivity index is 1.52. The summed E-state index contributed by atoms with van der Waals surface area (Å²) in [6.45, 7) is 8.92. The summed E-state index contributed by atoms with van der Waals surface area (Å²) in [6.07, 6.45) is 2.06. The molecule has 0 aromatic heterocycles. The van der Waals surface area contributed by atoms with Crippen LogP contribution in [0.5, 0.6) is 0 Å². The molecule has 1 N–H and O–H groups in total. The van der Waals surface area contributed by atoms with Gasteiger partial charge in [-0.15, -0.1) is 0 Å². The lowest BCUT2D eigenvalue weighted by molar-refractivity contribution is -0.162. The fraction of sp³-hybridized carbons (Fsp3) is 0.366. The summed E-state index contributed by atoms with van der Waals surface area (Å²) >= 11 is 13.0. The number of halogens is 2. The fourth-order valence-electron chi connectivity index (χ4n) is 8.14. The van der Waals surface area contributed by atoms with Gasteiger partial charge in [-0.2, -0.15) is 0 Å². The number of carboxylic acid groups (broad SMARTS) is 1. The van der Waals surface area contributed by atoms with Crippen LogP contribution in [0.1, 0.15) is 76.5 Å². The van der Waals surface area contributed by atoms with Gasteiger partial charge in [0.15, 0.2) is 0 Å². The minimum Gasteiger partial charge on any atom is -0.481 e. The molecular formula is C41H45Cl2NO4Si. The smallest absolute Gasteiger partial charge is 0.304 e. The number of carbonyl (C=O) groups excluding carboxylic acids is 1. The Morgan fingerprint density at radius 1 is 0.878 bits per heavy atom.